The molecule has 1 aliphatic heterocycles. The van der Waals surface area contributed by atoms with Crippen molar-refractivity contribution < 1.29 is 9.59 Å². The number of amides is 2. The van der Waals surface area contributed by atoms with Crippen molar-refractivity contribution >= 4 is 39.8 Å². The van der Waals surface area contributed by atoms with Gasteiger partial charge >= 0.3 is 0 Å². The number of aryl methyl sites for hydroxylation is 1. The SMILES string of the molecule is Cc1nc[nH]c1/C=C1\C(=O)Nc2sc(C(N)=O)cc21. The molecule has 0 aliphatic carbocycles. The number of rotatable bonds is 2. The van der Waals surface area contributed by atoms with Gasteiger partial charge in [-0.1, -0.05) is 0 Å². The summed E-state index contributed by atoms with van der Waals surface area (Å²) >= 11 is 1.18. The standard InChI is InChI=1S/C12H10N4O2S/c1-5-8(15-4-14-5)2-6-7-3-9(10(13)17)19-12(7)16-11(6)18/h2-4H,1H3,(H2,13,17)(H,14,15)(H,16,18)/b6-2-. The number of nitrogens with two attached hydrogens (primary N) is 1. The van der Waals surface area contributed by atoms with Crippen LogP contribution in [-0.4, -0.2) is 21.8 Å². The number of primary amides is 1. The lowest BCUT2D eigenvalue weighted by Gasteiger charge is -1.96. The minimum Gasteiger partial charge on any atom is -0.365 e. The van der Waals surface area contributed by atoms with Gasteiger partial charge in [-0.25, -0.2) is 4.98 Å². The Balaban J connectivity index is 2.09. The summed E-state index contributed by atoms with van der Waals surface area (Å²) in [6.45, 7) is 1.85. The molecule has 96 valence electrons. The minimum absolute atomic E-state index is 0.189. The van der Waals surface area contributed by atoms with Crippen LogP contribution >= 0.6 is 11.3 Å². The van der Waals surface area contributed by atoms with E-state index in [9.17, 15) is 9.59 Å². The summed E-state index contributed by atoms with van der Waals surface area (Å²) in [5.74, 6) is -0.683. The van der Waals surface area contributed by atoms with Gasteiger partial charge < -0.3 is 16.0 Å². The van der Waals surface area contributed by atoms with Crippen LogP contribution in [0.5, 0.6) is 0 Å². The Morgan fingerprint density at radius 3 is 2.95 bits per heavy atom. The number of hydrogen-bond acceptors (Lipinski definition) is 4. The van der Waals surface area contributed by atoms with E-state index in [1.165, 1.54) is 11.3 Å². The number of aromatic amines is 1. The molecule has 19 heavy (non-hydrogen) atoms. The molecule has 0 unspecified atom stereocenters. The number of H-pyrrole nitrogens is 1. The van der Waals surface area contributed by atoms with E-state index in [2.05, 4.69) is 15.3 Å². The molecule has 6 nitrogen and oxygen atoms in total. The van der Waals surface area contributed by atoms with Crippen molar-refractivity contribution in [1.29, 1.82) is 0 Å². The second-order valence-corrected chi connectivity index (χ2v) is 5.18. The Kier molecular flexibility index (Phi) is 2.49. The van der Waals surface area contributed by atoms with Crippen LogP contribution in [-0.2, 0) is 4.79 Å². The van der Waals surface area contributed by atoms with Crippen LogP contribution in [0.2, 0.25) is 0 Å². The lowest BCUT2D eigenvalue weighted by molar-refractivity contribution is -0.110. The zero-order valence-corrected chi connectivity index (χ0v) is 10.8. The molecule has 2 amide bonds. The van der Waals surface area contributed by atoms with Crippen molar-refractivity contribution in [3.63, 3.8) is 0 Å². The molecule has 4 N–H and O–H groups in total. The zero-order chi connectivity index (χ0) is 13.6. The Morgan fingerprint density at radius 1 is 1.53 bits per heavy atom. The molecule has 0 radical (unpaired) electrons. The van der Waals surface area contributed by atoms with Crippen LogP contribution in [0.1, 0.15) is 26.6 Å². The summed E-state index contributed by atoms with van der Waals surface area (Å²) in [5, 5.41) is 3.38. The number of nitrogens with one attached hydrogen (secondary N) is 2. The molecular weight excluding hydrogens is 264 g/mol. The van der Waals surface area contributed by atoms with E-state index < -0.39 is 5.91 Å². The van der Waals surface area contributed by atoms with Crippen molar-refractivity contribution in [3.05, 3.63) is 34.2 Å². The van der Waals surface area contributed by atoms with Crippen LogP contribution in [0.4, 0.5) is 5.00 Å². The number of hydrogen-bond donors (Lipinski definition) is 3. The zero-order valence-electron chi connectivity index (χ0n) is 9.98. The summed E-state index contributed by atoms with van der Waals surface area (Å²) in [6.07, 6.45) is 3.29. The number of thiophene rings is 1. The number of imidazole rings is 1. The number of carbonyl (C=O) groups excluding carboxylic acids is 2. The van der Waals surface area contributed by atoms with Gasteiger partial charge in [-0.05, 0) is 19.1 Å². The van der Waals surface area contributed by atoms with Crippen LogP contribution in [0.25, 0.3) is 11.6 Å². The highest BCUT2D eigenvalue weighted by Crippen LogP contribution is 2.39. The van der Waals surface area contributed by atoms with Gasteiger partial charge in [0.2, 0.25) is 0 Å². The fourth-order valence-electron chi connectivity index (χ4n) is 1.90. The summed E-state index contributed by atoms with van der Waals surface area (Å²) < 4.78 is 0. The van der Waals surface area contributed by atoms with Crippen molar-refractivity contribution in [2.45, 2.75) is 6.92 Å². The van der Waals surface area contributed by atoms with Crippen molar-refractivity contribution in [1.82, 2.24) is 9.97 Å². The lowest BCUT2D eigenvalue weighted by atomic mass is 10.1. The fraction of sp³-hybridized carbons (Fsp3) is 0.0833. The average molecular weight is 274 g/mol. The molecule has 2 aromatic rings. The van der Waals surface area contributed by atoms with E-state index in [4.69, 9.17) is 5.73 Å². The van der Waals surface area contributed by atoms with Crippen LogP contribution < -0.4 is 11.1 Å². The first-order valence-electron chi connectivity index (χ1n) is 5.53. The molecule has 0 fully saturated rings. The number of aromatic nitrogens is 2. The van der Waals surface area contributed by atoms with Gasteiger partial charge in [0.25, 0.3) is 11.8 Å². The second-order valence-electron chi connectivity index (χ2n) is 4.13. The van der Waals surface area contributed by atoms with Crippen LogP contribution in [0, 0.1) is 6.92 Å². The summed E-state index contributed by atoms with van der Waals surface area (Å²) in [6, 6.07) is 1.64. The first-order chi connectivity index (χ1) is 9.06. The van der Waals surface area contributed by atoms with Gasteiger partial charge in [-0.3, -0.25) is 9.59 Å². The van der Waals surface area contributed by atoms with E-state index >= 15 is 0 Å². The normalized spacial score (nSPS) is 15.6. The van der Waals surface area contributed by atoms with Crippen LogP contribution in [0.15, 0.2) is 12.4 Å². The Bertz CT molecular complexity index is 726. The molecule has 3 rings (SSSR count). The Hall–Kier alpha value is -2.41. The maximum Gasteiger partial charge on any atom is 0.258 e. The molecule has 3 heterocycles. The predicted octanol–water partition coefficient (Wildman–Crippen LogP) is 1.37. The number of carbonyl (C=O) groups is 2. The van der Waals surface area contributed by atoms with E-state index in [1.54, 1.807) is 18.5 Å². The molecule has 0 saturated carbocycles. The van der Waals surface area contributed by atoms with Crippen molar-refractivity contribution in [3.8, 4) is 0 Å². The monoisotopic (exact) mass is 274 g/mol. The minimum atomic E-state index is -0.495. The summed E-state index contributed by atoms with van der Waals surface area (Å²) in [7, 11) is 0. The highest BCUT2D eigenvalue weighted by atomic mass is 32.1. The maximum absolute atomic E-state index is 11.9. The van der Waals surface area contributed by atoms with Crippen molar-refractivity contribution in [2.24, 2.45) is 5.73 Å². The largest absolute Gasteiger partial charge is 0.365 e. The highest BCUT2D eigenvalue weighted by Gasteiger charge is 2.28. The quantitative estimate of drug-likeness (QED) is 0.721. The van der Waals surface area contributed by atoms with E-state index in [0.717, 1.165) is 11.4 Å². The van der Waals surface area contributed by atoms with Gasteiger partial charge in [-0.15, -0.1) is 11.3 Å². The van der Waals surface area contributed by atoms with E-state index in [0.29, 0.717) is 21.0 Å². The van der Waals surface area contributed by atoms with Gasteiger partial charge in [0.1, 0.15) is 5.00 Å². The fourth-order valence-corrected chi connectivity index (χ4v) is 2.82. The maximum atomic E-state index is 11.9. The lowest BCUT2D eigenvalue weighted by Crippen LogP contribution is -2.09. The molecule has 1 aliphatic rings. The third-order valence-corrected chi connectivity index (χ3v) is 3.96. The van der Waals surface area contributed by atoms with E-state index in [1.807, 2.05) is 6.92 Å². The van der Waals surface area contributed by atoms with E-state index in [-0.39, 0.29) is 5.91 Å². The molecule has 0 aromatic carbocycles. The molecule has 0 spiro atoms. The predicted molar refractivity (Wildman–Crippen MR) is 72.7 cm³/mol. The van der Waals surface area contributed by atoms with Crippen molar-refractivity contribution in [2.75, 3.05) is 5.32 Å². The third kappa shape index (κ3) is 1.84. The second kappa shape index (κ2) is 4.06. The van der Waals surface area contributed by atoms with Gasteiger partial charge in [-0.2, -0.15) is 0 Å². The molecule has 2 aromatic heterocycles. The molecule has 7 heteroatoms. The number of nitrogens with zero attached hydrogens (tertiary/aromatic N) is 1. The first-order valence-corrected chi connectivity index (χ1v) is 6.35. The molecular formula is C12H10N4O2S. The van der Waals surface area contributed by atoms with Crippen LogP contribution in [0.3, 0.4) is 0 Å². The van der Waals surface area contributed by atoms with Gasteiger partial charge in [0, 0.05) is 5.56 Å². The number of anilines is 1. The smallest absolute Gasteiger partial charge is 0.258 e. The average Bonchev–Trinajstić information content (AvgIpc) is 2.98. The number of fused-ring (bicyclic) bond motifs is 1. The van der Waals surface area contributed by atoms with Gasteiger partial charge in [0.05, 0.1) is 28.2 Å². The topological polar surface area (TPSA) is 101 Å². The first kappa shape index (κ1) is 11.7. The molecule has 0 bridgehead atoms. The Labute approximate surface area is 112 Å². The summed E-state index contributed by atoms with van der Waals surface area (Å²) in [5.41, 5.74) is 8.02. The molecule has 0 atom stereocenters. The molecule has 0 saturated heterocycles. The van der Waals surface area contributed by atoms with Gasteiger partial charge in [0.15, 0.2) is 0 Å². The Morgan fingerprint density at radius 2 is 2.32 bits per heavy atom. The third-order valence-electron chi connectivity index (χ3n) is 2.89. The summed E-state index contributed by atoms with van der Waals surface area (Å²) in [4.78, 5) is 30.5. The highest BCUT2D eigenvalue weighted by molar-refractivity contribution is 7.18.